The molecule has 0 saturated carbocycles. The fourth-order valence-corrected chi connectivity index (χ4v) is 4.01. The molecule has 1 aliphatic carbocycles. The minimum Gasteiger partial charge on any atom is -0.478 e. The molecule has 0 atom stereocenters. The van der Waals surface area contributed by atoms with Gasteiger partial charge in [0.05, 0.1) is 5.56 Å². The van der Waals surface area contributed by atoms with Crippen molar-refractivity contribution < 1.29 is 14.7 Å². The number of anilines is 1. The molecule has 0 bridgehead atoms. The minimum atomic E-state index is -0.970. The van der Waals surface area contributed by atoms with Gasteiger partial charge in [-0.3, -0.25) is 4.79 Å². The summed E-state index contributed by atoms with van der Waals surface area (Å²) in [6.45, 7) is 2.00. The predicted molar refractivity (Wildman–Crippen MR) is 92.1 cm³/mol. The van der Waals surface area contributed by atoms with Crippen LogP contribution in [0.2, 0.25) is 0 Å². The smallest absolute Gasteiger partial charge is 0.339 e. The normalized spacial score (nSPS) is 13.3. The summed E-state index contributed by atoms with van der Waals surface area (Å²) in [7, 11) is 0. The van der Waals surface area contributed by atoms with E-state index in [2.05, 4.69) is 5.32 Å². The van der Waals surface area contributed by atoms with Crippen LogP contribution in [0.25, 0.3) is 6.08 Å². The zero-order valence-corrected chi connectivity index (χ0v) is 13.6. The van der Waals surface area contributed by atoms with Crippen LogP contribution in [0.15, 0.2) is 30.3 Å². The number of aromatic carboxylic acids is 1. The lowest BCUT2D eigenvalue weighted by atomic mass is 10.1. The van der Waals surface area contributed by atoms with Crippen molar-refractivity contribution in [1.29, 1.82) is 0 Å². The van der Waals surface area contributed by atoms with Crippen molar-refractivity contribution in [3.05, 3.63) is 57.5 Å². The fraction of sp³-hybridized carbons (Fsp3) is 0.222. The summed E-state index contributed by atoms with van der Waals surface area (Å²) >= 11 is 1.38. The van der Waals surface area contributed by atoms with Gasteiger partial charge < -0.3 is 10.4 Å². The van der Waals surface area contributed by atoms with Crippen molar-refractivity contribution in [2.24, 2.45) is 0 Å². The highest BCUT2D eigenvalue weighted by Gasteiger charge is 2.26. The van der Waals surface area contributed by atoms with Crippen LogP contribution in [0.1, 0.15) is 38.3 Å². The first-order chi connectivity index (χ1) is 11.0. The lowest BCUT2D eigenvalue weighted by Gasteiger charge is -2.02. The van der Waals surface area contributed by atoms with Crippen molar-refractivity contribution in [2.45, 2.75) is 26.2 Å². The second kappa shape index (κ2) is 6.38. The summed E-state index contributed by atoms with van der Waals surface area (Å²) in [5.41, 5.74) is 3.24. The molecule has 0 aliphatic heterocycles. The van der Waals surface area contributed by atoms with E-state index in [-0.39, 0.29) is 11.5 Å². The molecule has 1 aliphatic rings. The van der Waals surface area contributed by atoms with Gasteiger partial charge in [-0.05, 0) is 43.4 Å². The molecule has 0 radical (unpaired) electrons. The number of hydrogen-bond donors (Lipinski definition) is 2. The zero-order valence-electron chi connectivity index (χ0n) is 12.8. The van der Waals surface area contributed by atoms with Gasteiger partial charge in [-0.15, -0.1) is 11.3 Å². The predicted octanol–water partition coefficient (Wildman–Crippen LogP) is 3.90. The molecule has 1 aromatic heterocycles. The fourth-order valence-electron chi connectivity index (χ4n) is 2.72. The summed E-state index contributed by atoms with van der Waals surface area (Å²) in [6.07, 6.45) is 5.82. The van der Waals surface area contributed by atoms with Gasteiger partial charge in [-0.2, -0.15) is 0 Å². The van der Waals surface area contributed by atoms with E-state index in [1.54, 1.807) is 6.08 Å². The standard InChI is InChI=1S/C18H17NO3S/c1-11-5-7-12(8-6-11)9-10-15(20)19-17-16(18(21)22)13-3-2-4-14(13)23-17/h5-10H,2-4H2,1H3,(H,19,20)(H,21,22)/b10-9+. The van der Waals surface area contributed by atoms with Crippen molar-refractivity contribution in [1.82, 2.24) is 0 Å². The molecule has 5 heteroatoms. The number of amides is 1. The summed E-state index contributed by atoms with van der Waals surface area (Å²) in [5, 5.41) is 12.6. The first-order valence-electron chi connectivity index (χ1n) is 7.48. The van der Waals surface area contributed by atoms with Crippen LogP contribution >= 0.6 is 11.3 Å². The molecular formula is C18H17NO3S. The maximum Gasteiger partial charge on any atom is 0.339 e. The highest BCUT2D eigenvalue weighted by atomic mass is 32.1. The molecule has 2 N–H and O–H groups in total. The van der Waals surface area contributed by atoms with Gasteiger partial charge in [0.25, 0.3) is 0 Å². The van der Waals surface area contributed by atoms with Gasteiger partial charge in [0.15, 0.2) is 0 Å². The Labute approximate surface area is 138 Å². The largest absolute Gasteiger partial charge is 0.478 e. The molecule has 0 spiro atoms. The summed E-state index contributed by atoms with van der Waals surface area (Å²) in [4.78, 5) is 24.6. The first-order valence-corrected chi connectivity index (χ1v) is 8.30. The maximum absolute atomic E-state index is 12.1. The van der Waals surface area contributed by atoms with E-state index in [1.807, 2.05) is 31.2 Å². The summed E-state index contributed by atoms with van der Waals surface area (Å²) in [6, 6.07) is 7.82. The number of nitrogens with one attached hydrogen (secondary N) is 1. The lowest BCUT2D eigenvalue weighted by molar-refractivity contribution is -0.111. The minimum absolute atomic E-state index is 0.264. The highest BCUT2D eigenvalue weighted by Crippen LogP contribution is 2.39. The van der Waals surface area contributed by atoms with E-state index in [1.165, 1.54) is 17.4 Å². The number of aryl methyl sites for hydroxylation is 2. The van der Waals surface area contributed by atoms with Gasteiger partial charge in [0.2, 0.25) is 5.91 Å². The van der Waals surface area contributed by atoms with Crippen molar-refractivity contribution in [2.75, 3.05) is 5.32 Å². The van der Waals surface area contributed by atoms with Gasteiger partial charge in [-0.1, -0.05) is 29.8 Å². The molecule has 2 aromatic rings. The molecule has 0 saturated heterocycles. The van der Waals surface area contributed by atoms with Crippen LogP contribution in [0.3, 0.4) is 0 Å². The highest BCUT2D eigenvalue weighted by molar-refractivity contribution is 7.17. The molecule has 23 heavy (non-hydrogen) atoms. The average molecular weight is 327 g/mol. The van der Waals surface area contributed by atoms with E-state index in [9.17, 15) is 14.7 Å². The Morgan fingerprint density at radius 3 is 2.65 bits per heavy atom. The van der Waals surface area contributed by atoms with Crippen LogP contribution in [-0.2, 0) is 17.6 Å². The van der Waals surface area contributed by atoms with Gasteiger partial charge in [-0.25, -0.2) is 4.79 Å². The molecule has 4 nitrogen and oxygen atoms in total. The van der Waals surface area contributed by atoms with E-state index < -0.39 is 5.97 Å². The Bertz CT molecular complexity index is 787. The third-order valence-corrected chi connectivity index (χ3v) is 5.08. The van der Waals surface area contributed by atoms with E-state index in [4.69, 9.17) is 0 Å². The maximum atomic E-state index is 12.1. The second-order valence-corrected chi connectivity index (χ2v) is 6.71. The Hall–Kier alpha value is -2.40. The Kier molecular flexibility index (Phi) is 4.30. The monoisotopic (exact) mass is 327 g/mol. The Morgan fingerprint density at radius 2 is 1.96 bits per heavy atom. The topological polar surface area (TPSA) is 66.4 Å². The number of thiophene rings is 1. The van der Waals surface area contributed by atoms with Gasteiger partial charge in [0.1, 0.15) is 5.00 Å². The molecule has 1 amide bonds. The average Bonchev–Trinajstić information content (AvgIpc) is 3.06. The molecular weight excluding hydrogens is 310 g/mol. The van der Waals surface area contributed by atoms with E-state index in [0.717, 1.165) is 40.8 Å². The number of hydrogen-bond acceptors (Lipinski definition) is 3. The van der Waals surface area contributed by atoms with Crippen molar-refractivity contribution >= 4 is 34.3 Å². The molecule has 118 valence electrons. The lowest BCUT2D eigenvalue weighted by Crippen LogP contribution is -2.10. The van der Waals surface area contributed by atoms with E-state index in [0.29, 0.717) is 5.00 Å². The Balaban J connectivity index is 1.76. The van der Waals surface area contributed by atoms with Crippen LogP contribution in [-0.4, -0.2) is 17.0 Å². The first kappa shape index (κ1) is 15.5. The number of rotatable bonds is 4. The third kappa shape index (κ3) is 3.35. The third-order valence-electron chi connectivity index (χ3n) is 3.88. The quantitative estimate of drug-likeness (QED) is 0.837. The van der Waals surface area contributed by atoms with Gasteiger partial charge >= 0.3 is 5.97 Å². The number of carbonyl (C=O) groups is 2. The van der Waals surface area contributed by atoms with Crippen LogP contribution < -0.4 is 5.32 Å². The van der Waals surface area contributed by atoms with Gasteiger partial charge in [0, 0.05) is 11.0 Å². The molecule has 0 fully saturated rings. The molecule has 1 heterocycles. The Morgan fingerprint density at radius 1 is 1.22 bits per heavy atom. The number of fused-ring (bicyclic) bond motifs is 1. The number of carbonyl (C=O) groups excluding carboxylic acids is 1. The SMILES string of the molecule is Cc1ccc(/C=C/C(=O)Nc2sc3c(c2C(=O)O)CCC3)cc1. The number of carboxylic acids is 1. The summed E-state index contributed by atoms with van der Waals surface area (Å²) in [5.74, 6) is -1.28. The van der Waals surface area contributed by atoms with Crippen molar-refractivity contribution in [3.63, 3.8) is 0 Å². The van der Waals surface area contributed by atoms with Crippen molar-refractivity contribution in [3.8, 4) is 0 Å². The summed E-state index contributed by atoms with van der Waals surface area (Å²) < 4.78 is 0. The zero-order chi connectivity index (χ0) is 16.4. The second-order valence-electron chi connectivity index (χ2n) is 5.60. The van der Waals surface area contributed by atoms with Crippen LogP contribution in [0.5, 0.6) is 0 Å². The number of carboxylic acid groups (broad SMARTS) is 1. The number of benzene rings is 1. The van der Waals surface area contributed by atoms with Crippen LogP contribution in [0.4, 0.5) is 5.00 Å². The molecule has 3 rings (SSSR count). The van der Waals surface area contributed by atoms with E-state index >= 15 is 0 Å². The van der Waals surface area contributed by atoms with Crippen LogP contribution in [0, 0.1) is 6.92 Å². The molecule has 1 aromatic carbocycles. The molecule has 0 unspecified atom stereocenters.